The van der Waals surface area contributed by atoms with E-state index in [2.05, 4.69) is 31.4 Å². The molecule has 1 N–H and O–H groups in total. The van der Waals surface area contributed by atoms with Crippen molar-refractivity contribution in [1.82, 2.24) is 10.4 Å². The van der Waals surface area contributed by atoms with Crippen LogP contribution < -0.4 is 10.2 Å². The smallest absolute Gasteiger partial charge is 0.271 e. The third kappa shape index (κ3) is 4.15. The van der Waals surface area contributed by atoms with E-state index >= 15 is 0 Å². The molecule has 0 fully saturated rings. The van der Waals surface area contributed by atoms with Crippen LogP contribution in [0.2, 0.25) is 5.15 Å². The van der Waals surface area contributed by atoms with Crippen LogP contribution in [-0.2, 0) is 0 Å². The van der Waals surface area contributed by atoms with Crippen LogP contribution in [0.25, 0.3) is 10.9 Å². The number of halogens is 2. The van der Waals surface area contributed by atoms with Gasteiger partial charge in [-0.05, 0) is 48.5 Å². The van der Waals surface area contributed by atoms with Crippen LogP contribution in [0, 0.1) is 0 Å². The molecule has 1 heterocycles. The Kier molecular flexibility index (Phi) is 5.31. The molecular formula is C18H13BrClN3O2. The summed E-state index contributed by atoms with van der Waals surface area (Å²) in [5.41, 5.74) is 4.32. The van der Waals surface area contributed by atoms with E-state index in [1.165, 1.54) is 6.21 Å². The molecule has 25 heavy (non-hydrogen) atoms. The Morgan fingerprint density at radius 1 is 1.24 bits per heavy atom. The minimum atomic E-state index is -0.310. The molecule has 0 saturated carbocycles. The molecule has 0 atom stereocenters. The lowest BCUT2D eigenvalue weighted by atomic mass is 10.1. The van der Waals surface area contributed by atoms with E-state index in [-0.39, 0.29) is 5.91 Å². The topological polar surface area (TPSA) is 63.6 Å². The molecule has 0 unspecified atom stereocenters. The molecule has 126 valence electrons. The number of nitrogens with one attached hydrogen (secondary N) is 1. The number of hydrogen-bond acceptors (Lipinski definition) is 4. The number of methoxy groups -OCH3 is 1. The van der Waals surface area contributed by atoms with Gasteiger partial charge >= 0.3 is 0 Å². The number of carbonyl (C=O) groups excluding carboxylic acids is 1. The molecule has 1 aromatic heterocycles. The van der Waals surface area contributed by atoms with Crippen molar-refractivity contribution >= 4 is 50.6 Å². The van der Waals surface area contributed by atoms with E-state index in [1.54, 1.807) is 31.4 Å². The molecule has 0 aliphatic carbocycles. The van der Waals surface area contributed by atoms with Gasteiger partial charge in [-0.1, -0.05) is 27.5 Å². The van der Waals surface area contributed by atoms with E-state index < -0.39 is 0 Å². The standard InChI is InChI=1S/C18H13BrClN3O2/c1-25-15-6-7-16-12(9-15)8-13(17(20)22-16)10-21-23-18(24)11-2-4-14(19)5-3-11/h2-10H,1H3,(H,23,24)/b21-10+. The summed E-state index contributed by atoms with van der Waals surface area (Å²) in [5.74, 6) is 0.415. The van der Waals surface area contributed by atoms with Gasteiger partial charge < -0.3 is 4.74 Å². The van der Waals surface area contributed by atoms with Crippen LogP contribution in [0.1, 0.15) is 15.9 Å². The van der Waals surface area contributed by atoms with Crippen molar-refractivity contribution in [2.75, 3.05) is 7.11 Å². The summed E-state index contributed by atoms with van der Waals surface area (Å²) in [4.78, 5) is 16.3. The Morgan fingerprint density at radius 2 is 2.00 bits per heavy atom. The van der Waals surface area contributed by atoms with E-state index in [4.69, 9.17) is 16.3 Å². The second-order valence-corrected chi connectivity index (χ2v) is 6.41. The van der Waals surface area contributed by atoms with Crippen LogP contribution in [0.3, 0.4) is 0 Å². The summed E-state index contributed by atoms with van der Waals surface area (Å²) in [5, 5.41) is 5.13. The van der Waals surface area contributed by atoms with Crippen molar-refractivity contribution < 1.29 is 9.53 Å². The number of aromatic nitrogens is 1. The molecule has 0 saturated heterocycles. The molecule has 0 spiro atoms. The van der Waals surface area contributed by atoms with Crippen molar-refractivity contribution in [2.24, 2.45) is 5.10 Å². The Balaban J connectivity index is 1.79. The normalized spacial score (nSPS) is 11.0. The quantitative estimate of drug-likeness (QED) is 0.387. The van der Waals surface area contributed by atoms with Crippen LogP contribution in [0.15, 0.2) is 58.1 Å². The van der Waals surface area contributed by atoms with Crippen LogP contribution in [-0.4, -0.2) is 24.2 Å². The van der Waals surface area contributed by atoms with Gasteiger partial charge in [0.25, 0.3) is 5.91 Å². The van der Waals surface area contributed by atoms with Crippen LogP contribution in [0.5, 0.6) is 5.75 Å². The lowest BCUT2D eigenvalue weighted by Gasteiger charge is -2.05. The third-order valence-corrected chi connectivity index (χ3v) is 4.31. The van der Waals surface area contributed by atoms with E-state index in [1.807, 2.05) is 24.3 Å². The predicted molar refractivity (Wildman–Crippen MR) is 103 cm³/mol. The second-order valence-electron chi connectivity index (χ2n) is 5.13. The molecule has 2 aromatic carbocycles. The molecule has 3 rings (SSSR count). The fraction of sp³-hybridized carbons (Fsp3) is 0.0556. The fourth-order valence-corrected chi connectivity index (χ4v) is 2.65. The molecule has 1 amide bonds. The minimum Gasteiger partial charge on any atom is -0.497 e. The number of carbonyl (C=O) groups is 1. The summed E-state index contributed by atoms with van der Waals surface area (Å²) in [7, 11) is 1.60. The number of nitrogens with zero attached hydrogens (tertiary/aromatic N) is 2. The number of pyridine rings is 1. The number of benzene rings is 2. The first kappa shape index (κ1) is 17.4. The minimum absolute atomic E-state index is 0.305. The first-order valence-electron chi connectivity index (χ1n) is 7.30. The van der Waals surface area contributed by atoms with Crippen LogP contribution >= 0.6 is 27.5 Å². The number of hydrazone groups is 1. The van der Waals surface area contributed by atoms with Crippen LogP contribution in [0.4, 0.5) is 0 Å². The van der Waals surface area contributed by atoms with Gasteiger partial charge in [-0.3, -0.25) is 4.79 Å². The summed E-state index contributed by atoms with van der Waals surface area (Å²) >= 11 is 9.50. The van der Waals surface area contributed by atoms with Gasteiger partial charge in [0, 0.05) is 21.0 Å². The first-order chi connectivity index (χ1) is 12.1. The summed E-state index contributed by atoms with van der Waals surface area (Å²) in [6, 6.07) is 14.3. The maximum Gasteiger partial charge on any atom is 0.271 e. The number of hydrogen-bond donors (Lipinski definition) is 1. The Bertz CT molecular complexity index is 958. The predicted octanol–water partition coefficient (Wildman–Crippen LogP) is 4.42. The average Bonchev–Trinajstić information content (AvgIpc) is 2.62. The lowest BCUT2D eigenvalue weighted by Crippen LogP contribution is -2.17. The van der Waals surface area contributed by atoms with Gasteiger partial charge in [0.1, 0.15) is 10.9 Å². The largest absolute Gasteiger partial charge is 0.497 e. The van der Waals surface area contributed by atoms with Gasteiger partial charge in [0.2, 0.25) is 0 Å². The number of fused-ring (bicyclic) bond motifs is 1. The number of rotatable bonds is 4. The maximum atomic E-state index is 12.0. The maximum absolute atomic E-state index is 12.0. The van der Waals surface area contributed by atoms with Crippen molar-refractivity contribution in [1.29, 1.82) is 0 Å². The zero-order valence-electron chi connectivity index (χ0n) is 13.2. The van der Waals surface area contributed by atoms with Crippen molar-refractivity contribution in [3.8, 4) is 5.75 Å². The van der Waals surface area contributed by atoms with Gasteiger partial charge in [-0.25, -0.2) is 10.4 Å². The highest BCUT2D eigenvalue weighted by molar-refractivity contribution is 9.10. The highest BCUT2D eigenvalue weighted by Crippen LogP contribution is 2.23. The second kappa shape index (κ2) is 7.63. The van der Waals surface area contributed by atoms with Crippen molar-refractivity contribution in [3.05, 3.63) is 69.3 Å². The van der Waals surface area contributed by atoms with E-state index in [9.17, 15) is 4.79 Å². The van der Waals surface area contributed by atoms with E-state index in [0.717, 1.165) is 21.1 Å². The van der Waals surface area contributed by atoms with Gasteiger partial charge in [-0.2, -0.15) is 5.10 Å². The van der Waals surface area contributed by atoms with Crippen molar-refractivity contribution in [2.45, 2.75) is 0 Å². The zero-order chi connectivity index (χ0) is 17.8. The highest BCUT2D eigenvalue weighted by atomic mass is 79.9. The van der Waals surface area contributed by atoms with Crippen molar-refractivity contribution in [3.63, 3.8) is 0 Å². The molecule has 7 heteroatoms. The molecule has 0 aliphatic rings. The Morgan fingerprint density at radius 3 is 2.72 bits per heavy atom. The monoisotopic (exact) mass is 417 g/mol. The van der Waals surface area contributed by atoms with Gasteiger partial charge in [0.05, 0.1) is 18.8 Å². The molecule has 5 nitrogen and oxygen atoms in total. The Labute approximate surface area is 157 Å². The Hall–Kier alpha value is -2.44. The highest BCUT2D eigenvalue weighted by Gasteiger charge is 2.06. The van der Waals surface area contributed by atoms with Gasteiger partial charge in [0.15, 0.2) is 0 Å². The molecule has 0 bridgehead atoms. The SMILES string of the molecule is COc1ccc2nc(Cl)c(/C=N/NC(=O)c3ccc(Br)cc3)cc2c1. The molecule has 3 aromatic rings. The molecule has 0 aliphatic heterocycles. The fourth-order valence-electron chi connectivity index (χ4n) is 2.19. The molecule has 0 radical (unpaired) electrons. The lowest BCUT2D eigenvalue weighted by molar-refractivity contribution is 0.0955. The first-order valence-corrected chi connectivity index (χ1v) is 8.47. The summed E-state index contributed by atoms with van der Waals surface area (Å²) in [6.07, 6.45) is 1.46. The summed E-state index contributed by atoms with van der Waals surface area (Å²) in [6.45, 7) is 0. The van der Waals surface area contributed by atoms with Gasteiger partial charge in [-0.15, -0.1) is 0 Å². The molecular weight excluding hydrogens is 406 g/mol. The average molecular weight is 419 g/mol. The third-order valence-electron chi connectivity index (χ3n) is 3.48. The number of ether oxygens (including phenoxy) is 1. The number of amides is 1. The summed E-state index contributed by atoms with van der Waals surface area (Å²) < 4.78 is 6.11. The van der Waals surface area contributed by atoms with E-state index in [0.29, 0.717) is 16.3 Å². The zero-order valence-corrected chi connectivity index (χ0v) is 15.5.